The Hall–Kier alpha value is -1.75. The van der Waals surface area contributed by atoms with Gasteiger partial charge in [0.1, 0.15) is 0 Å². The Morgan fingerprint density at radius 2 is 2.00 bits per heavy atom. The maximum atomic E-state index is 5.93. The van der Waals surface area contributed by atoms with E-state index in [2.05, 4.69) is 5.10 Å². The molecule has 1 aromatic heterocycles. The first-order valence-electron chi connectivity index (χ1n) is 5.86. The number of hydrogen-bond acceptors (Lipinski definition) is 4. The molecule has 5 nitrogen and oxygen atoms in total. The van der Waals surface area contributed by atoms with E-state index in [1.54, 1.807) is 0 Å². The third-order valence-electron chi connectivity index (χ3n) is 3.30. The van der Waals surface area contributed by atoms with Crippen molar-refractivity contribution in [1.82, 2.24) is 9.78 Å². The van der Waals surface area contributed by atoms with E-state index in [-0.39, 0.29) is 0 Å². The normalized spacial score (nSPS) is 17.6. The monoisotopic (exact) mass is 232 g/mol. The molecule has 0 bridgehead atoms. The van der Waals surface area contributed by atoms with Crippen molar-refractivity contribution < 1.29 is 4.74 Å². The lowest BCUT2D eigenvalue weighted by Crippen LogP contribution is -2.20. The van der Waals surface area contributed by atoms with Crippen molar-refractivity contribution in [2.24, 2.45) is 0 Å². The molecule has 0 spiro atoms. The quantitative estimate of drug-likeness (QED) is 0.731. The summed E-state index contributed by atoms with van der Waals surface area (Å²) >= 11 is 0. The van der Waals surface area contributed by atoms with E-state index < -0.39 is 0 Å². The minimum atomic E-state index is 0.366. The highest BCUT2D eigenvalue weighted by atomic mass is 16.5. The number of ether oxygens (including phenoxy) is 1. The lowest BCUT2D eigenvalue weighted by molar-refractivity contribution is 0.0675. The van der Waals surface area contributed by atoms with Crippen molar-refractivity contribution in [2.75, 3.05) is 24.7 Å². The minimum Gasteiger partial charge on any atom is -0.399 e. The van der Waals surface area contributed by atoms with Crippen LogP contribution in [-0.4, -0.2) is 23.0 Å². The summed E-state index contributed by atoms with van der Waals surface area (Å²) in [5.41, 5.74) is 13.5. The summed E-state index contributed by atoms with van der Waals surface area (Å²) < 4.78 is 7.37. The Bertz CT molecular complexity index is 543. The average molecular weight is 232 g/mol. The highest BCUT2D eigenvalue weighted by Crippen LogP contribution is 2.29. The van der Waals surface area contributed by atoms with Crippen molar-refractivity contribution in [3.8, 4) is 0 Å². The number of nitrogens with two attached hydrogens (primary N) is 2. The van der Waals surface area contributed by atoms with Gasteiger partial charge in [-0.25, -0.2) is 0 Å². The molecule has 1 aliphatic rings. The maximum absolute atomic E-state index is 5.93. The molecule has 1 fully saturated rings. The van der Waals surface area contributed by atoms with Gasteiger partial charge in [-0.3, -0.25) is 4.68 Å². The van der Waals surface area contributed by atoms with Crippen LogP contribution in [0.25, 0.3) is 10.9 Å². The van der Waals surface area contributed by atoms with Crippen LogP contribution in [0.1, 0.15) is 18.9 Å². The molecule has 2 heterocycles. The molecule has 4 N–H and O–H groups in total. The summed E-state index contributed by atoms with van der Waals surface area (Å²) in [4.78, 5) is 0. The Kier molecular flexibility index (Phi) is 2.40. The second-order valence-corrected chi connectivity index (χ2v) is 4.45. The van der Waals surface area contributed by atoms with Crippen molar-refractivity contribution in [1.29, 1.82) is 0 Å². The van der Waals surface area contributed by atoms with E-state index in [1.807, 2.05) is 22.9 Å². The van der Waals surface area contributed by atoms with Crippen LogP contribution in [0.4, 0.5) is 11.5 Å². The zero-order chi connectivity index (χ0) is 11.8. The molecule has 0 radical (unpaired) electrons. The third-order valence-corrected chi connectivity index (χ3v) is 3.30. The molecule has 2 aromatic rings. The van der Waals surface area contributed by atoms with Gasteiger partial charge in [-0.2, -0.15) is 5.10 Å². The SMILES string of the molecule is Nc1ccc2c(N)nn(C3CCOCC3)c2c1. The van der Waals surface area contributed by atoms with Crippen LogP contribution in [0.15, 0.2) is 18.2 Å². The Balaban J connectivity index is 2.11. The van der Waals surface area contributed by atoms with Crippen LogP contribution in [-0.2, 0) is 4.74 Å². The topological polar surface area (TPSA) is 79.1 Å². The van der Waals surface area contributed by atoms with E-state index >= 15 is 0 Å². The van der Waals surface area contributed by atoms with E-state index in [0.29, 0.717) is 11.9 Å². The fourth-order valence-electron chi connectivity index (χ4n) is 2.39. The van der Waals surface area contributed by atoms with Gasteiger partial charge in [0.05, 0.1) is 11.6 Å². The predicted octanol–water partition coefficient (Wildman–Crippen LogP) is 1.55. The first kappa shape index (κ1) is 10.4. The van der Waals surface area contributed by atoms with E-state index in [1.165, 1.54) is 0 Å². The largest absolute Gasteiger partial charge is 0.399 e. The van der Waals surface area contributed by atoms with Gasteiger partial charge in [0.25, 0.3) is 0 Å². The zero-order valence-corrected chi connectivity index (χ0v) is 9.60. The first-order valence-corrected chi connectivity index (χ1v) is 5.86. The standard InChI is InChI=1S/C12H16N4O/c13-8-1-2-10-11(7-8)16(15-12(10)14)9-3-5-17-6-4-9/h1-2,7,9H,3-6,13H2,(H2,14,15). The molecule has 1 aliphatic heterocycles. The molecular formula is C12H16N4O. The van der Waals surface area contributed by atoms with Crippen LogP contribution >= 0.6 is 0 Å². The summed E-state index contributed by atoms with van der Waals surface area (Å²) in [5, 5.41) is 5.42. The smallest absolute Gasteiger partial charge is 0.153 e. The van der Waals surface area contributed by atoms with Crippen molar-refractivity contribution in [3.05, 3.63) is 18.2 Å². The molecule has 1 saturated heterocycles. The fraction of sp³-hybridized carbons (Fsp3) is 0.417. The Morgan fingerprint density at radius 1 is 1.24 bits per heavy atom. The van der Waals surface area contributed by atoms with Gasteiger partial charge in [0, 0.05) is 24.3 Å². The van der Waals surface area contributed by atoms with Crippen molar-refractivity contribution in [2.45, 2.75) is 18.9 Å². The lowest BCUT2D eigenvalue weighted by atomic mass is 10.1. The molecule has 1 aromatic carbocycles. The second kappa shape index (κ2) is 3.92. The number of fused-ring (bicyclic) bond motifs is 1. The van der Waals surface area contributed by atoms with Gasteiger partial charge in [-0.1, -0.05) is 0 Å². The highest BCUT2D eigenvalue weighted by Gasteiger charge is 2.19. The van der Waals surface area contributed by atoms with Gasteiger partial charge in [0.2, 0.25) is 0 Å². The van der Waals surface area contributed by atoms with Crippen molar-refractivity contribution >= 4 is 22.4 Å². The molecule has 3 rings (SSSR count). The molecular weight excluding hydrogens is 216 g/mol. The van der Waals surface area contributed by atoms with Crippen LogP contribution in [0.3, 0.4) is 0 Å². The molecule has 0 aliphatic carbocycles. The van der Waals surface area contributed by atoms with Gasteiger partial charge in [-0.15, -0.1) is 0 Å². The molecule has 0 unspecified atom stereocenters. The number of nitrogens with zero attached hydrogens (tertiary/aromatic N) is 2. The Morgan fingerprint density at radius 3 is 2.76 bits per heavy atom. The number of nitrogen functional groups attached to an aromatic ring is 2. The van der Waals surface area contributed by atoms with Crippen molar-refractivity contribution in [3.63, 3.8) is 0 Å². The van der Waals surface area contributed by atoms with Gasteiger partial charge in [0.15, 0.2) is 5.82 Å². The first-order chi connectivity index (χ1) is 8.25. The van der Waals surface area contributed by atoms with Crippen LogP contribution in [0, 0.1) is 0 Å². The number of hydrogen-bond donors (Lipinski definition) is 2. The summed E-state index contributed by atoms with van der Waals surface area (Å²) in [6.07, 6.45) is 1.95. The van der Waals surface area contributed by atoms with Gasteiger partial charge in [-0.05, 0) is 31.0 Å². The van der Waals surface area contributed by atoms with Crippen LogP contribution in [0.5, 0.6) is 0 Å². The van der Waals surface area contributed by atoms with E-state index in [0.717, 1.165) is 42.6 Å². The number of anilines is 2. The minimum absolute atomic E-state index is 0.366. The molecule has 17 heavy (non-hydrogen) atoms. The summed E-state index contributed by atoms with van der Waals surface area (Å²) in [6.45, 7) is 1.57. The number of aromatic nitrogens is 2. The maximum Gasteiger partial charge on any atom is 0.153 e. The number of benzene rings is 1. The average Bonchev–Trinajstić information content (AvgIpc) is 2.67. The highest BCUT2D eigenvalue weighted by molar-refractivity contribution is 5.91. The predicted molar refractivity (Wildman–Crippen MR) is 67.6 cm³/mol. The second-order valence-electron chi connectivity index (χ2n) is 4.45. The van der Waals surface area contributed by atoms with E-state index in [9.17, 15) is 0 Å². The third kappa shape index (κ3) is 1.72. The van der Waals surface area contributed by atoms with E-state index in [4.69, 9.17) is 16.2 Å². The zero-order valence-electron chi connectivity index (χ0n) is 9.60. The van der Waals surface area contributed by atoms with Gasteiger partial charge < -0.3 is 16.2 Å². The summed E-state index contributed by atoms with van der Waals surface area (Å²) in [6, 6.07) is 6.09. The van der Waals surface area contributed by atoms with Crippen LogP contribution < -0.4 is 11.5 Å². The fourth-order valence-corrected chi connectivity index (χ4v) is 2.39. The molecule has 0 atom stereocenters. The summed E-state index contributed by atoms with van der Waals surface area (Å²) in [5.74, 6) is 0.575. The molecule has 0 saturated carbocycles. The molecule has 0 amide bonds. The van der Waals surface area contributed by atoms with Crippen LogP contribution in [0.2, 0.25) is 0 Å². The molecule has 5 heteroatoms. The lowest BCUT2D eigenvalue weighted by Gasteiger charge is -2.23. The Labute approximate surface area is 99.3 Å². The van der Waals surface area contributed by atoms with Gasteiger partial charge >= 0.3 is 0 Å². The summed E-state index contributed by atoms with van der Waals surface area (Å²) in [7, 11) is 0. The molecule has 90 valence electrons. The number of rotatable bonds is 1.